The van der Waals surface area contributed by atoms with Crippen LogP contribution >= 0.6 is 11.3 Å². The number of nitrogens with zero attached hydrogens (tertiary/aromatic N) is 2. The van der Waals surface area contributed by atoms with E-state index in [1.165, 1.54) is 10.4 Å². The summed E-state index contributed by atoms with van der Waals surface area (Å²) in [5, 5.41) is 8.81. The molecule has 3 rings (SSSR count). The van der Waals surface area contributed by atoms with Gasteiger partial charge in [0, 0.05) is 36.7 Å². The minimum atomic E-state index is -3.55. The third-order valence-electron chi connectivity index (χ3n) is 3.92. The fourth-order valence-corrected chi connectivity index (χ4v) is 5.62. The van der Waals surface area contributed by atoms with Crippen molar-refractivity contribution < 1.29 is 18.3 Å². The lowest BCUT2D eigenvalue weighted by Crippen LogP contribution is -2.48. The molecule has 0 saturated carbocycles. The lowest BCUT2D eigenvalue weighted by atomic mass is 10.2. The largest absolute Gasteiger partial charge is 0.481 e. The minimum absolute atomic E-state index is 0.151. The summed E-state index contributed by atoms with van der Waals surface area (Å²) in [4.78, 5) is 13.4. The molecule has 1 aliphatic rings. The van der Waals surface area contributed by atoms with Crippen molar-refractivity contribution in [2.75, 3.05) is 31.1 Å². The highest BCUT2D eigenvalue weighted by atomic mass is 32.2. The second-order valence-corrected chi connectivity index (χ2v) is 8.85. The molecule has 0 bridgehead atoms. The molecular formula is C16H18N2O4S2. The van der Waals surface area contributed by atoms with Gasteiger partial charge in [0.15, 0.2) is 0 Å². The molecule has 2 aromatic rings. The lowest BCUT2D eigenvalue weighted by Gasteiger charge is -2.35. The maximum absolute atomic E-state index is 12.7. The minimum Gasteiger partial charge on any atom is -0.481 e. The number of aliphatic carboxylic acids is 1. The summed E-state index contributed by atoms with van der Waals surface area (Å²) >= 11 is 1.03. The molecule has 1 aromatic carbocycles. The van der Waals surface area contributed by atoms with Crippen LogP contribution in [0, 0.1) is 0 Å². The van der Waals surface area contributed by atoms with Crippen LogP contribution in [-0.4, -0.2) is 50.0 Å². The number of rotatable bonds is 5. The number of sulfonamides is 1. The Morgan fingerprint density at radius 2 is 1.71 bits per heavy atom. The third-order valence-corrected chi connectivity index (χ3v) is 7.37. The van der Waals surface area contributed by atoms with Crippen molar-refractivity contribution in [1.82, 2.24) is 4.31 Å². The Morgan fingerprint density at radius 1 is 1.04 bits per heavy atom. The van der Waals surface area contributed by atoms with Crippen LogP contribution in [0.15, 0.2) is 46.7 Å². The quantitative estimate of drug-likeness (QED) is 0.874. The van der Waals surface area contributed by atoms with Crippen LogP contribution < -0.4 is 4.90 Å². The Balaban J connectivity index is 1.68. The van der Waals surface area contributed by atoms with E-state index < -0.39 is 16.0 Å². The fourth-order valence-electron chi connectivity index (χ4n) is 2.69. The Kier molecular flexibility index (Phi) is 4.88. The van der Waals surface area contributed by atoms with Crippen molar-refractivity contribution >= 4 is 33.0 Å². The number of hydrogen-bond donors (Lipinski definition) is 1. The molecule has 1 aliphatic heterocycles. The van der Waals surface area contributed by atoms with E-state index >= 15 is 0 Å². The van der Waals surface area contributed by atoms with E-state index in [0.29, 0.717) is 31.1 Å². The lowest BCUT2D eigenvalue weighted by molar-refractivity contribution is -0.136. The average molecular weight is 366 g/mol. The van der Waals surface area contributed by atoms with Crippen LogP contribution in [0.4, 0.5) is 5.69 Å². The van der Waals surface area contributed by atoms with E-state index in [2.05, 4.69) is 4.90 Å². The van der Waals surface area contributed by atoms with Gasteiger partial charge < -0.3 is 10.0 Å². The number of thiophene rings is 1. The van der Waals surface area contributed by atoms with Crippen molar-refractivity contribution in [1.29, 1.82) is 0 Å². The molecule has 24 heavy (non-hydrogen) atoms. The Hall–Kier alpha value is -1.90. The van der Waals surface area contributed by atoms with Gasteiger partial charge in [0.1, 0.15) is 4.21 Å². The first-order valence-corrected chi connectivity index (χ1v) is 9.83. The van der Waals surface area contributed by atoms with Crippen LogP contribution in [0.2, 0.25) is 0 Å². The number of benzene rings is 1. The van der Waals surface area contributed by atoms with Gasteiger partial charge in [0.2, 0.25) is 0 Å². The van der Waals surface area contributed by atoms with E-state index in [0.717, 1.165) is 17.0 Å². The van der Waals surface area contributed by atoms with Gasteiger partial charge >= 0.3 is 5.97 Å². The molecule has 0 radical (unpaired) electrons. The van der Waals surface area contributed by atoms with Gasteiger partial charge in [-0.3, -0.25) is 4.79 Å². The van der Waals surface area contributed by atoms with Crippen LogP contribution in [0.5, 0.6) is 0 Å². The van der Waals surface area contributed by atoms with Crippen molar-refractivity contribution in [3.63, 3.8) is 0 Å². The number of hydrogen-bond acceptors (Lipinski definition) is 5. The van der Waals surface area contributed by atoms with E-state index in [-0.39, 0.29) is 10.6 Å². The number of piperazine rings is 1. The summed E-state index contributed by atoms with van der Waals surface area (Å²) in [5.41, 5.74) is 1.09. The van der Waals surface area contributed by atoms with Crippen LogP contribution in [0.1, 0.15) is 4.88 Å². The standard InChI is InChI=1S/C16H18N2O4S2/c19-15(20)12-14-6-7-16(23-14)24(21,22)18-10-8-17(9-11-18)13-4-2-1-3-5-13/h1-7H,8-12H2,(H,19,20). The molecule has 0 amide bonds. The highest BCUT2D eigenvalue weighted by Crippen LogP contribution is 2.27. The summed E-state index contributed by atoms with van der Waals surface area (Å²) in [6, 6.07) is 13.0. The predicted molar refractivity (Wildman–Crippen MR) is 93.1 cm³/mol. The van der Waals surface area contributed by atoms with Gasteiger partial charge in [-0.1, -0.05) is 18.2 Å². The molecule has 1 N–H and O–H groups in total. The molecule has 2 heterocycles. The normalized spacial score (nSPS) is 16.2. The first kappa shape index (κ1) is 16.9. The maximum Gasteiger partial charge on any atom is 0.308 e. The van der Waals surface area contributed by atoms with E-state index in [9.17, 15) is 13.2 Å². The molecule has 1 saturated heterocycles. The molecule has 1 fully saturated rings. The summed E-state index contributed by atoms with van der Waals surface area (Å²) in [5.74, 6) is -0.961. The number of carboxylic acid groups (broad SMARTS) is 1. The highest BCUT2D eigenvalue weighted by molar-refractivity contribution is 7.91. The van der Waals surface area contributed by atoms with E-state index in [1.807, 2.05) is 30.3 Å². The molecule has 0 aliphatic carbocycles. The van der Waals surface area contributed by atoms with Gasteiger partial charge in [0.25, 0.3) is 10.0 Å². The summed E-state index contributed by atoms with van der Waals surface area (Å²) in [6.07, 6.45) is -0.151. The number of anilines is 1. The second-order valence-electron chi connectivity index (χ2n) is 5.52. The van der Waals surface area contributed by atoms with Crippen LogP contribution in [0.25, 0.3) is 0 Å². The molecule has 8 heteroatoms. The second kappa shape index (κ2) is 6.92. The molecule has 0 unspecified atom stereocenters. The fraction of sp³-hybridized carbons (Fsp3) is 0.312. The van der Waals surface area contributed by atoms with Crippen molar-refractivity contribution in [2.45, 2.75) is 10.6 Å². The summed E-state index contributed by atoms with van der Waals surface area (Å²) in [7, 11) is -3.55. The molecule has 0 spiro atoms. The third kappa shape index (κ3) is 3.61. The van der Waals surface area contributed by atoms with Gasteiger partial charge in [-0.05, 0) is 24.3 Å². The van der Waals surface area contributed by atoms with Crippen LogP contribution in [-0.2, 0) is 21.2 Å². The van der Waals surface area contributed by atoms with E-state index in [1.54, 1.807) is 6.07 Å². The molecule has 0 atom stereocenters. The van der Waals surface area contributed by atoms with Crippen LogP contribution in [0.3, 0.4) is 0 Å². The highest BCUT2D eigenvalue weighted by Gasteiger charge is 2.29. The molecular weight excluding hydrogens is 348 g/mol. The van der Waals surface area contributed by atoms with Crippen molar-refractivity contribution in [2.24, 2.45) is 0 Å². The molecule has 1 aromatic heterocycles. The van der Waals surface area contributed by atoms with Gasteiger partial charge in [-0.25, -0.2) is 8.42 Å². The Morgan fingerprint density at radius 3 is 2.33 bits per heavy atom. The maximum atomic E-state index is 12.7. The number of carbonyl (C=O) groups is 1. The van der Waals surface area contributed by atoms with Gasteiger partial charge in [0.05, 0.1) is 6.42 Å². The molecule has 6 nitrogen and oxygen atoms in total. The van der Waals surface area contributed by atoms with Gasteiger partial charge in [-0.15, -0.1) is 11.3 Å². The zero-order valence-corrected chi connectivity index (χ0v) is 14.6. The Labute approximate surface area is 145 Å². The van der Waals surface area contributed by atoms with Crippen molar-refractivity contribution in [3.05, 3.63) is 47.3 Å². The van der Waals surface area contributed by atoms with Crippen molar-refractivity contribution in [3.8, 4) is 0 Å². The Bertz CT molecular complexity index is 810. The van der Waals surface area contributed by atoms with Gasteiger partial charge in [-0.2, -0.15) is 4.31 Å². The number of carboxylic acids is 1. The zero-order chi connectivity index (χ0) is 17.2. The SMILES string of the molecule is O=C(O)Cc1ccc(S(=O)(=O)N2CCN(c3ccccc3)CC2)s1. The average Bonchev–Trinajstić information content (AvgIpc) is 3.04. The first-order chi connectivity index (χ1) is 11.5. The smallest absolute Gasteiger partial charge is 0.308 e. The topological polar surface area (TPSA) is 77.9 Å². The predicted octanol–water partition coefficient (Wildman–Crippen LogP) is 1.89. The molecule has 128 valence electrons. The summed E-state index contributed by atoms with van der Waals surface area (Å²) < 4.78 is 27.1. The monoisotopic (exact) mass is 366 g/mol. The van der Waals surface area contributed by atoms with E-state index in [4.69, 9.17) is 5.11 Å². The number of para-hydroxylation sites is 1. The zero-order valence-electron chi connectivity index (χ0n) is 13.0. The summed E-state index contributed by atoms with van der Waals surface area (Å²) in [6.45, 7) is 2.11. The first-order valence-electron chi connectivity index (χ1n) is 7.57.